The van der Waals surface area contributed by atoms with E-state index < -0.39 is 5.97 Å². The molecule has 0 saturated heterocycles. The van der Waals surface area contributed by atoms with Crippen molar-refractivity contribution in [1.29, 1.82) is 0 Å². The highest BCUT2D eigenvalue weighted by atomic mass is 32.1. The number of nitrogens with zero attached hydrogens (tertiary/aromatic N) is 1. The van der Waals surface area contributed by atoms with Crippen LogP contribution in [0.4, 0.5) is 5.00 Å². The first kappa shape index (κ1) is 15.1. The zero-order chi connectivity index (χ0) is 16.8. The number of anilines is 1. The number of benzene rings is 1. The molecule has 0 unspecified atom stereocenters. The third-order valence-electron chi connectivity index (χ3n) is 4.54. The molecule has 24 heavy (non-hydrogen) atoms. The molecule has 1 aromatic carbocycles. The number of methoxy groups -OCH3 is 1. The van der Waals surface area contributed by atoms with Crippen LogP contribution in [0.2, 0.25) is 0 Å². The van der Waals surface area contributed by atoms with Crippen LogP contribution in [0.15, 0.2) is 24.3 Å². The smallest absolute Gasteiger partial charge is 0.341 e. The Hall–Kier alpha value is -2.47. The van der Waals surface area contributed by atoms with Crippen LogP contribution in [-0.4, -0.2) is 24.9 Å². The van der Waals surface area contributed by atoms with Crippen LogP contribution in [0.5, 0.6) is 0 Å². The lowest BCUT2D eigenvalue weighted by molar-refractivity contribution is 0.0601. The molecule has 2 aromatic rings. The minimum absolute atomic E-state index is 0.376. The third-order valence-corrected chi connectivity index (χ3v) is 5.82. The number of carbonyl (C=O) groups excluding carboxylic acids is 3. The average Bonchev–Trinajstić information content (AvgIpc) is 3.10. The second kappa shape index (κ2) is 5.56. The first-order chi connectivity index (χ1) is 11.6. The van der Waals surface area contributed by atoms with Gasteiger partial charge in [-0.15, -0.1) is 11.3 Å². The molecule has 4 rings (SSSR count). The molecule has 0 saturated carbocycles. The van der Waals surface area contributed by atoms with Crippen LogP contribution >= 0.6 is 11.3 Å². The molecule has 5 nitrogen and oxygen atoms in total. The van der Waals surface area contributed by atoms with E-state index in [1.54, 1.807) is 24.3 Å². The molecule has 0 radical (unpaired) electrons. The van der Waals surface area contributed by atoms with Crippen molar-refractivity contribution in [3.63, 3.8) is 0 Å². The molecule has 0 bridgehead atoms. The van der Waals surface area contributed by atoms with E-state index in [9.17, 15) is 14.4 Å². The molecule has 2 amide bonds. The number of fused-ring (bicyclic) bond motifs is 2. The molecule has 2 aliphatic rings. The molecule has 1 aliphatic carbocycles. The Kier molecular flexibility index (Phi) is 3.49. The Labute approximate surface area is 142 Å². The minimum Gasteiger partial charge on any atom is -0.465 e. The van der Waals surface area contributed by atoms with E-state index in [0.29, 0.717) is 21.7 Å². The topological polar surface area (TPSA) is 63.7 Å². The number of thiophene rings is 1. The zero-order valence-electron chi connectivity index (χ0n) is 13.1. The maximum Gasteiger partial charge on any atom is 0.341 e. The van der Waals surface area contributed by atoms with Crippen molar-refractivity contribution >= 4 is 34.1 Å². The van der Waals surface area contributed by atoms with Crippen LogP contribution in [0.3, 0.4) is 0 Å². The van der Waals surface area contributed by atoms with Gasteiger partial charge in [0.05, 0.1) is 23.8 Å². The third kappa shape index (κ3) is 2.03. The Morgan fingerprint density at radius 3 is 2.33 bits per heavy atom. The summed E-state index contributed by atoms with van der Waals surface area (Å²) in [5.74, 6) is -1.24. The summed E-state index contributed by atoms with van der Waals surface area (Å²) in [5.41, 5.74) is 2.07. The van der Waals surface area contributed by atoms with Crippen molar-refractivity contribution < 1.29 is 19.1 Å². The van der Waals surface area contributed by atoms with Crippen LogP contribution in [0, 0.1) is 0 Å². The molecule has 0 spiro atoms. The summed E-state index contributed by atoms with van der Waals surface area (Å²) in [6.07, 6.45) is 3.69. The standard InChI is InChI=1S/C18H15NO4S/c1-23-18(22)14-12-8-4-5-9-13(12)24-17(14)19-15(20)10-6-2-3-7-11(10)16(19)21/h2-3,6-7H,4-5,8-9H2,1H3. The van der Waals surface area contributed by atoms with Gasteiger partial charge in [-0.1, -0.05) is 12.1 Å². The number of hydrogen-bond acceptors (Lipinski definition) is 5. The normalized spacial score (nSPS) is 16.1. The Balaban J connectivity index is 1.89. The van der Waals surface area contributed by atoms with E-state index in [2.05, 4.69) is 0 Å². The fourth-order valence-electron chi connectivity index (χ4n) is 3.40. The molecular weight excluding hydrogens is 326 g/mol. The maximum absolute atomic E-state index is 12.7. The molecule has 0 fully saturated rings. The number of aryl methyl sites for hydroxylation is 1. The second-order valence-electron chi connectivity index (χ2n) is 5.87. The highest BCUT2D eigenvalue weighted by Gasteiger charge is 2.41. The van der Waals surface area contributed by atoms with Gasteiger partial charge in [0.15, 0.2) is 0 Å². The lowest BCUT2D eigenvalue weighted by Gasteiger charge is -2.14. The van der Waals surface area contributed by atoms with Crippen molar-refractivity contribution in [3.05, 3.63) is 51.4 Å². The van der Waals surface area contributed by atoms with Gasteiger partial charge in [0, 0.05) is 4.88 Å². The van der Waals surface area contributed by atoms with E-state index >= 15 is 0 Å². The molecular formula is C18H15NO4S. The van der Waals surface area contributed by atoms with Crippen LogP contribution in [-0.2, 0) is 17.6 Å². The lowest BCUT2D eigenvalue weighted by Crippen LogP contribution is -2.30. The fourth-order valence-corrected chi connectivity index (χ4v) is 4.77. The van der Waals surface area contributed by atoms with E-state index in [-0.39, 0.29) is 11.8 Å². The molecule has 122 valence electrons. The summed E-state index contributed by atoms with van der Waals surface area (Å²) >= 11 is 1.36. The minimum atomic E-state index is -0.485. The summed E-state index contributed by atoms with van der Waals surface area (Å²) in [6.45, 7) is 0. The van der Waals surface area contributed by atoms with Crippen molar-refractivity contribution in [3.8, 4) is 0 Å². The van der Waals surface area contributed by atoms with Gasteiger partial charge in [-0.05, 0) is 43.4 Å². The summed E-state index contributed by atoms with van der Waals surface area (Å²) in [5, 5.41) is 0.403. The van der Waals surface area contributed by atoms with Gasteiger partial charge in [0.2, 0.25) is 0 Å². The van der Waals surface area contributed by atoms with Crippen LogP contribution in [0.25, 0.3) is 0 Å². The van der Waals surface area contributed by atoms with Crippen molar-refractivity contribution in [2.45, 2.75) is 25.7 Å². The van der Waals surface area contributed by atoms with E-state index in [1.807, 2.05) is 0 Å². The zero-order valence-corrected chi connectivity index (χ0v) is 13.9. The van der Waals surface area contributed by atoms with Crippen molar-refractivity contribution in [2.24, 2.45) is 0 Å². The largest absolute Gasteiger partial charge is 0.465 e. The SMILES string of the molecule is COC(=O)c1c(N2C(=O)c3ccccc3C2=O)sc2c1CCCC2. The predicted molar refractivity (Wildman–Crippen MR) is 89.9 cm³/mol. The molecule has 2 heterocycles. The summed E-state index contributed by atoms with van der Waals surface area (Å²) in [6, 6.07) is 6.74. The molecule has 0 N–H and O–H groups in total. The molecule has 6 heteroatoms. The number of rotatable bonds is 2. The first-order valence-electron chi connectivity index (χ1n) is 7.84. The van der Waals surface area contributed by atoms with Crippen LogP contribution in [0.1, 0.15) is 54.4 Å². The van der Waals surface area contributed by atoms with Gasteiger partial charge in [-0.3, -0.25) is 9.59 Å². The molecule has 1 aliphatic heterocycles. The van der Waals surface area contributed by atoms with Gasteiger partial charge in [-0.25, -0.2) is 9.69 Å². The summed E-state index contributed by atoms with van der Waals surface area (Å²) < 4.78 is 4.93. The highest BCUT2D eigenvalue weighted by Crippen LogP contribution is 2.43. The number of imide groups is 1. The number of esters is 1. The molecule has 1 aromatic heterocycles. The predicted octanol–water partition coefficient (Wildman–Crippen LogP) is 3.21. The quantitative estimate of drug-likeness (QED) is 0.621. The number of ether oxygens (including phenoxy) is 1. The fraction of sp³-hybridized carbons (Fsp3) is 0.278. The second-order valence-corrected chi connectivity index (χ2v) is 6.96. The van der Waals surface area contributed by atoms with E-state index in [0.717, 1.165) is 41.0 Å². The van der Waals surface area contributed by atoms with Crippen molar-refractivity contribution in [2.75, 3.05) is 12.0 Å². The van der Waals surface area contributed by atoms with Gasteiger partial charge in [0.25, 0.3) is 11.8 Å². The van der Waals surface area contributed by atoms with E-state index in [4.69, 9.17) is 4.74 Å². The number of carbonyl (C=O) groups is 3. The number of hydrogen-bond donors (Lipinski definition) is 0. The number of amides is 2. The van der Waals surface area contributed by atoms with Crippen LogP contribution < -0.4 is 4.90 Å². The monoisotopic (exact) mass is 341 g/mol. The Bertz CT molecular complexity index is 848. The summed E-state index contributed by atoms with van der Waals surface area (Å²) in [7, 11) is 1.32. The Morgan fingerprint density at radius 2 is 1.71 bits per heavy atom. The maximum atomic E-state index is 12.7. The molecule has 0 atom stereocenters. The van der Waals surface area contributed by atoms with Gasteiger partial charge in [-0.2, -0.15) is 0 Å². The Morgan fingerprint density at radius 1 is 1.08 bits per heavy atom. The lowest BCUT2D eigenvalue weighted by atomic mass is 9.95. The summed E-state index contributed by atoms with van der Waals surface area (Å²) in [4.78, 5) is 40.0. The first-order valence-corrected chi connectivity index (χ1v) is 8.65. The highest BCUT2D eigenvalue weighted by molar-refractivity contribution is 7.17. The van der Waals surface area contributed by atoms with Gasteiger partial charge < -0.3 is 4.74 Å². The van der Waals surface area contributed by atoms with Crippen molar-refractivity contribution in [1.82, 2.24) is 0 Å². The van der Waals surface area contributed by atoms with Gasteiger partial charge in [0.1, 0.15) is 5.00 Å². The average molecular weight is 341 g/mol. The van der Waals surface area contributed by atoms with Gasteiger partial charge >= 0.3 is 5.97 Å². The van der Waals surface area contributed by atoms with E-state index in [1.165, 1.54) is 18.4 Å².